The highest BCUT2D eigenvalue weighted by atomic mass is 16.5. The minimum atomic E-state index is -0.282. The van der Waals surface area contributed by atoms with Crippen LogP contribution in [0.2, 0.25) is 0 Å². The number of carbonyl (C=O) groups excluding carboxylic acids is 1. The highest BCUT2D eigenvalue weighted by molar-refractivity contribution is 5.82. The first kappa shape index (κ1) is 15.0. The van der Waals surface area contributed by atoms with E-state index >= 15 is 0 Å². The molecular formula is C16H22N4O2. The molecule has 0 saturated carbocycles. The first-order valence-electron chi connectivity index (χ1n) is 7.77. The van der Waals surface area contributed by atoms with Gasteiger partial charge in [0.25, 0.3) is 0 Å². The van der Waals surface area contributed by atoms with Gasteiger partial charge in [-0.2, -0.15) is 0 Å². The number of para-hydroxylation sites is 2. The molecule has 1 aliphatic heterocycles. The first-order chi connectivity index (χ1) is 10.7. The lowest BCUT2D eigenvalue weighted by atomic mass is 10.2. The molecule has 1 aliphatic rings. The minimum absolute atomic E-state index is 0.0399. The van der Waals surface area contributed by atoms with Crippen LogP contribution in [0.5, 0.6) is 0 Å². The van der Waals surface area contributed by atoms with Crippen LogP contribution in [-0.2, 0) is 16.1 Å². The number of morpholine rings is 1. The van der Waals surface area contributed by atoms with Crippen molar-refractivity contribution in [3.8, 4) is 0 Å². The van der Waals surface area contributed by atoms with Gasteiger partial charge in [-0.3, -0.25) is 4.79 Å². The van der Waals surface area contributed by atoms with Gasteiger partial charge in [-0.05, 0) is 26.0 Å². The van der Waals surface area contributed by atoms with Gasteiger partial charge in [-0.25, -0.2) is 4.98 Å². The minimum Gasteiger partial charge on any atom is -0.378 e. The number of aryl methyl sites for hydroxylation is 1. The van der Waals surface area contributed by atoms with Crippen molar-refractivity contribution < 1.29 is 9.53 Å². The van der Waals surface area contributed by atoms with Crippen LogP contribution in [-0.4, -0.2) is 41.3 Å². The fraction of sp³-hybridized carbons (Fsp3) is 0.500. The maximum Gasteiger partial charge on any atom is 0.240 e. The molecule has 0 radical (unpaired) electrons. The van der Waals surface area contributed by atoms with E-state index in [1.54, 1.807) is 0 Å². The number of nitrogens with zero attached hydrogens (tertiary/aromatic N) is 2. The molecule has 1 fully saturated rings. The Morgan fingerprint density at radius 2 is 2.36 bits per heavy atom. The number of fused-ring (bicyclic) bond motifs is 1. The quantitative estimate of drug-likeness (QED) is 0.891. The number of amides is 1. The van der Waals surface area contributed by atoms with Crippen LogP contribution in [0, 0.1) is 0 Å². The van der Waals surface area contributed by atoms with E-state index in [0.717, 1.165) is 23.4 Å². The van der Waals surface area contributed by atoms with Crippen LogP contribution < -0.4 is 10.6 Å². The van der Waals surface area contributed by atoms with Gasteiger partial charge in [0.05, 0.1) is 30.3 Å². The second-order valence-corrected chi connectivity index (χ2v) is 5.51. The molecule has 2 heterocycles. The zero-order valence-electron chi connectivity index (χ0n) is 13.0. The SMILES string of the molecule is CCn1c([C@H](C)NC(=O)[C@H]2COCCN2)nc2ccccc21. The molecule has 0 bridgehead atoms. The summed E-state index contributed by atoms with van der Waals surface area (Å²) in [5, 5.41) is 6.20. The van der Waals surface area contributed by atoms with Crippen molar-refractivity contribution in [3.63, 3.8) is 0 Å². The van der Waals surface area contributed by atoms with E-state index in [0.29, 0.717) is 19.8 Å². The molecule has 6 heteroatoms. The van der Waals surface area contributed by atoms with E-state index in [1.807, 2.05) is 25.1 Å². The van der Waals surface area contributed by atoms with E-state index in [1.165, 1.54) is 0 Å². The second-order valence-electron chi connectivity index (χ2n) is 5.51. The van der Waals surface area contributed by atoms with E-state index in [4.69, 9.17) is 4.74 Å². The van der Waals surface area contributed by atoms with Crippen molar-refractivity contribution in [1.82, 2.24) is 20.2 Å². The molecule has 1 saturated heterocycles. The molecule has 1 amide bonds. The summed E-state index contributed by atoms with van der Waals surface area (Å²) in [5.41, 5.74) is 2.06. The molecule has 0 unspecified atom stereocenters. The molecule has 2 N–H and O–H groups in total. The summed E-state index contributed by atoms with van der Waals surface area (Å²) in [5.74, 6) is 0.843. The van der Waals surface area contributed by atoms with Crippen molar-refractivity contribution in [2.75, 3.05) is 19.8 Å². The molecule has 0 spiro atoms. The Morgan fingerprint density at radius 1 is 1.55 bits per heavy atom. The lowest BCUT2D eigenvalue weighted by molar-refractivity contribution is -0.126. The summed E-state index contributed by atoms with van der Waals surface area (Å²) < 4.78 is 7.48. The van der Waals surface area contributed by atoms with Gasteiger partial charge < -0.3 is 19.9 Å². The number of benzene rings is 1. The summed E-state index contributed by atoms with van der Waals surface area (Å²) in [6, 6.07) is 7.61. The highest BCUT2D eigenvalue weighted by Crippen LogP contribution is 2.20. The number of nitrogens with one attached hydrogen (secondary N) is 2. The molecule has 22 heavy (non-hydrogen) atoms. The van der Waals surface area contributed by atoms with Crippen molar-refractivity contribution in [2.45, 2.75) is 32.5 Å². The Bertz CT molecular complexity index is 661. The molecule has 0 aliphatic carbocycles. The van der Waals surface area contributed by atoms with E-state index in [-0.39, 0.29) is 18.0 Å². The standard InChI is InChI=1S/C16H22N4O2/c1-3-20-14-7-5-4-6-12(14)19-15(20)11(2)18-16(21)13-10-22-9-8-17-13/h4-7,11,13,17H,3,8-10H2,1-2H3,(H,18,21)/t11-,13+/m0/s1. The van der Waals surface area contributed by atoms with Crippen LogP contribution in [0.4, 0.5) is 0 Å². The number of rotatable bonds is 4. The topological polar surface area (TPSA) is 68.2 Å². The maximum atomic E-state index is 12.3. The van der Waals surface area contributed by atoms with Crippen LogP contribution in [0.15, 0.2) is 24.3 Å². The number of hydrogen-bond acceptors (Lipinski definition) is 4. The zero-order chi connectivity index (χ0) is 15.5. The highest BCUT2D eigenvalue weighted by Gasteiger charge is 2.24. The first-order valence-corrected chi connectivity index (χ1v) is 7.77. The van der Waals surface area contributed by atoms with Crippen molar-refractivity contribution in [1.29, 1.82) is 0 Å². The number of aromatic nitrogens is 2. The van der Waals surface area contributed by atoms with Gasteiger partial charge in [0.15, 0.2) is 0 Å². The van der Waals surface area contributed by atoms with Crippen LogP contribution in [0.1, 0.15) is 25.7 Å². The van der Waals surface area contributed by atoms with Crippen LogP contribution in [0.3, 0.4) is 0 Å². The molecule has 118 valence electrons. The Hall–Kier alpha value is -1.92. The summed E-state index contributed by atoms with van der Waals surface area (Å²) >= 11 is 0. The summed E-state index contributed by atoms with van der Waals surface area (Å²) in [6.07, 6.45) is 0. The molecule has 1 aromatic heterocycles. The molecule has 2 atom stereocenters. The van der Waals surface area contributed by atoms with E-state index in [2.05, 4.69) is 33.2 Å². The Balaban J connectivity index is 1.79. The average molecular weight is 302 g/mol. The largest absolute Gasteiger partial charge is 0.378 e. The third-order valence-electron chi connectivity index (χ3n) is 3.98. The summed E-state index contributed by atoms with van der Waals surface area (Å²) in [4.78, 5) is 17.0. The number of hydrogen-bond donors (Lipinski definition) is 2. The lowest BCUT2D eigenvalue weighted by Gasteiger charge is -2.24. The number of imidazole rings is 1. The summed E-state index contributed by atoms with van der Waals surface area (Å²) in [7, 11) is 0. The van der Waals surface area contributed by atoms with Gasteiger partial charge in [0.1, 0.15) is 11.9 Å². The fourth-order valence-electron chi connectivity index (χ4n) is 2.87. The van der Waals surface area contributed by atoms with Crippen molar-refractivity contribution in [3.05, 3.63) is 30.1 Å². The Labute approximate surface area is 129 Å². The third kappa shape index (κ3) is 2.84. The van der Waals surface area contributed by atoms with Crippen molar-refractivity contribution in [2.24, 2.45) is 0 Å². The van der Waals surface area contributed by atoms with Crippen molar-refractivity contribution >= 4 is 16.9 Å². The molecule has 1 aromatic carbocycles. The molecular weight excluding hydrogens is 280 g/mol. The second kappa shape index (κ2) is 6.46. The fourth-order valence-corrected chi connectivity index (χ4v) is 2.87. The Kier molecular flexibility index (Phi) is 4.40. The van der Waals surface area contributed by atoms with Gasteiger partial charge in [0.2, 0.25) is 5.91 Å². The molecule has 2 aromatic rings. The van der Waals surface area contributed by atoms with Gasteiger partial charge in [-0.1, -0.05) is 12.1 Å². The third-order valence-corrected chi connectivity index (χ3v) is 3.98. The van der Waals surface area contributed by atoms with Crippen LogP contribution in [0.25, 0.3) is 11.0 Å². The predicted molar refractivity (Wildman–Crippen MR) is 84.6 cm³/mol. The predicted octanol–water partition coefficient (Wildman–Crippen LogP) is 1.22. The van der Waals surface area contributed by atoms with Crippen LogP contribution >= 0.6 is 0 Å². The monoisotopic (exact) mass is 302 g/mol. The Morgan fingerprint density at radius 3 is 3.09 bits per heavy atom. The average Bonchev–Trinajstić information content (AvgIpc) is 2.94. The maximum absolute atomic E-state index is 12.3. The lowest BCUT2D eigenvalue weighted by Crippen LogP contribution is -2.51. The number of ether oxygens (including phenoxy) is 1. The van der Waals surface area contributed by atoms with E-state index in [9.17, 15) is 4.79 Å². The van der Waals surface area contributed by atoms with E-state index < -0.39 is 0 Å². The molecule has 3 rings (SSSR count). The normalized spacial score (nSPS) is 20.0. The molecule has 6 nitrogen and oxygen atoms in total. The summed E-state index contributed by atoms with van der Waals surface area (Å²) in [6.45, 7) is 6.66. The smallest absolute Gasteiger partial charge is 0.240 e. The zero-order valence-corrected chi connectivity index (χ0v) is 13.0. The van der Waals surface area contributed by atoms with Gasteiger partial charge in [-0.15, -0.1) is 0 Å². The number of carbonyl (C=O) groups is 1. The van der Waals surface area contributed by atoms with Gasteiger partial charge >= 0.3 is 0 Å². The van der Waals surface area contributed by atoms with Gasteiger partial charge in [0, 0.05) is 13.1 Å².